The van der Waals surface area contributed by atoms with Crippen LogP contribution < -0.4 is 0 Å². The molecule has 0 radical (unpaired) electrons. The minimum absolute atomic E-state index is 0.0585. The molecule has 6 heteroatoms. The van der Waals surface area contributed by atoms with Gasteiger partial charge in [0, 0.05) is 6.42 Å². The maximum Gasteiger partial charge on any atom is 0.418 e. The SMILES string of the molecule is C=C[C@@H](C(=O)OCC)N(C(=O)CC)C(=O)OC(C)(C)C. The Kier molecular flexibility index (Phi) is 6.96. The van der Waals surface area contributed by atoms with Gasteiger partial charge in [0.25, 0.3) is 0 Å². The van der Waals surface area contributed by atoms with Gasteiger partial charge in [0.05, 0.1) is 6.61 Å². The molecule has 0 N–H and O–H groups in total. The number of hydrogen-bond acceptors (Lipinski definition) is 5. The molecule has 0 saturated heterocycles. The van der Waals surface area contributed by atoms with Crippen LogP contribution in [0.1, 0.15) is 41.0 Å². The highest BCUT2D eigenvalue weighted by atomic mass is 16.6. The van der Waals surface area contributed by atoms with Crippen LogP contribution in [0.4, 0.5) is 4.79 Å². The molecule has 20 heavy (non-hydrogen) atoms. The smallest absolute Gasteiger partial charge is 0.418 e. The van der Waals surface area contributed by atoms with Gasteiger partial charge >= 0.3 is 12.1 Å². The lowest BCUT2D eigenvalue weighted by Gasteiger charge is -2.29. The summed E-state index contributed by atoms with van der Waals surface area (Å²) in [4.78, 5) is 36.6. The van der Waals surface area contributed by atoms with Gasteiger partial charge in [0.15, 0.2) is 6.04 Å². The molecule has 0 aliphatic carbocycles. The van der Waals surface area contributed by atoms with Gasteiger partial charge in [0.2, 0.25) is 5.91 Å². The summed E-state index contributed by atoms with van der Waals surface area (Å²) in [6, 6.07) is -1.18. The van der Waals surface area contributed by atoms with Crippen molar-refractivity contribution in [2.45, 2.75) is 52.7 Å². The van der Waals surface area contributed by atoms with E-state index in [0.717, 1.165) is 4.90 Å². The van der Waals surface area contributed by atoms with Crippen molar-refractivity contribution in [1.82, 2.24) is 4.90 Å². The van der Waals surface area contributed by atoms with Crippen molar-refractivity contribution in [3.05, 3.63) is 12.7 Å². The molecule has 114 valence electrons. The van der Waals surface area contributed by atoms with Crippen LogP contribution in [-0.2, 0) is 19.1 Å². The average molecular weight is 285 g/mol. The Hall–Kier alpha value is -1.85. The standard InChI is InChI=1S/C14H23NO5/c1-7-10(12(17)19-9-3)15(11(16)8-2)13(18)20-14(4,5)6/h7,10H,1,8-9H2,2-6H3/t10-/m0/s1. The Morgan fingerprint density at radius 2 is 1.80 bits per heavy atom. The van der Waals surface area contributed by atoms with Crippen molar-refractivity contribution in [1.29, 1.82) is 0 Å². The molecular weight excluding hydrogens is 262 g/mol. The van der Waals surface area contributed by atoms with Crippen LogP contribution >= 0.6 is 0 Å². The van der Waals surface area contributed by atoms with E-state index in [1.165, 1.54) is 6.08 Å². The zero-order valence-electron chi connectivity index (χ0n) is 12.8. The predicted molar refractivity (Wildman–Crippen MR) is 74.0 cm³/mol. The van der Waals surface area contributed by atoms with E-state index < -0.39 is 29.6 Å². The molecule has 0 saturated carbocycles. The van der Waals surface area contributed by atoms with Crippen molar-refractivity contribution in [2.24, 2.45) is 0 Å². The highest BCUT2D eigenvalue weighted by Gasteiger charge is 2.35. The number of amides is 2. The minimum atomic E-state index is -1.18. The third-order valence-electron chi connectivity index (χ3n) is 2.19. The molecule has 0 heterocycles. The highest BCUT2D eigenvalue weighted by molar-refractivity contribution is 5.97. The molecule has 0 aromatic heterocycles. The van der Waals surface area contributed by atoms with Crippen LogP contribution in [0.2, 0.25) is 0 Å². The Morgan fingerprint density at radius 3 is 2.15 bits per heavy atom. The van der Waals surface area contributed by atoms with Crippen molar-refractivity contribution in [3.63, 3.8) is 0 Å². The topological polar surface area (TPSA) is 72.9 Å². The zero-order valence-corrected chi connectivity index (χ0v) is 12.8. The fourth-order valence-electron chi connectivity index (χ4n) is 1.39. The molecule has 1 atom stereocenters. The number of hydrogen-bond donors (Lipinski definition) is 0. The van der Waals surface area contributed by atoms with E-state index in [0.29, 0.717) is 0 Å². The number of imide groups is 1. The highest BCUT2D eigenvalue weighted by Crippen LogP contribution is 2.14. The van der Waals surface area contributed by atoms with E-state index in [-0.39, 0.29) is 13.0 Å². The van der Waals surface area contributed by atoms with Gasteiger partial charge in [-0.1, -0.05) is 13.0 Å². The van der Waals surface area contributed by atoms with E-state index in [4.69, 9.17) is 9.47 Å². The number of esters is 1. The second-order valence-electron chi connectivity index (χ2n) is 5.03. The quantitative estimate of drug-likeness (QED) is 0.572. The van der Waals surface area contributed by atoms with E-state index in [1.807, 2.05) is 0 Å². The summed E-state index contributed by atoms with van der Waals surface area (Å²) in [5, 5.41) is 0. The Morgan fingerprint density at radius 1 is 1.25 bits per heavy atom. The second kappa shape index (κ2) is 7.67. The molecule has 0 bridgehead atoms. The average Bonchev–Trinajstić information content (AvgIpc) is 2.32. The van der Waals surface area contributed by atoms with E-state index in [1.54, 1.807) is 34.6 Å². The van der Waals surface area contributed by atoms with Gasteiger partial charge in [-0.25, -0.2) is 14.5 Å². The lowest BCUT2D eigenvalue weighted by atomic mass is 10.2. The normalized spacial score (nSPS) is 12.2. The number of carbonyl (C=O) groups excluding carboxylic acids is 3. The monoisotopic (exact) mass is 285 g/mol. The molecule has 2 amide bonds. The van der Waals surface area contributed by atoms with Crippen molar-refractivity contribution in [2.75, 3.05) is 6.61 Å². The lowest BCUT2D eigenvalue weighted by molar-refractivity contribution is -0.152. The Balaban J connectivity index is 5.32. The largest absolute Gasteiger partial charge is 0.464 e. The minimum Gasteiger partial charge on any atom is -0.464 e. The van der Waals surface area contributed by atoms with Crippen LogP contribution in [0.25, 0.3) is 0 Å². The molecule has 0 aromatic carbocycles. The zero-order chi connectivity index (χ0) is 15.9. The fourth-order valence-corrected chi connectivity index (χ4v) is 1.39. The summed E-state index contributed by atoms with van der Waals surface area (Å²) in [6.45, 7) is 11.9. The van der Waals surface area contributed by atoms with E-state index >= 15 is 0 Å². The summed E-state index contributed by atoms with van der Waals surface area (Å²) in [5.74, 6) is -1.24. The maximum absolute atomic E-state index is 12.1. The van der Waals surface area contributed by atoms with E-state index in [9.17, 15) is 14.4 Å². The number of rotatable bonds is 5. The molecule has 0 aliphatic heterocycles. The first-order valence-electron chi connectivity index (χ1n) is 6.52. The van der Waals surface area contributed by atoms with Crippen molar-refractivity contribution < 1.29 is 23.9 Å². The third-order valence-corrected chi connectivity index (χ3v) is 2.19. The predicted octanol–water partition coefficient (Wildman–Crippen LogP) is 2.28. The number of carbonyl (C=O) groups is 3. The second-order valence-corrected chi connectivity index (χ2v) is 5.03. The number of nitrogens with zero attached hydrogens (tertiary/aromatic N) is 1. The van der Waals surface area contributed by atoms with Gasteiger partial charge < -0.3 is 9.47 Å². The van der Waals surface area contributed by atoms with Gasteiger partial charge in [-0.15, -0.1) is 6.58 Å². The van der Waals surface area contributed by atoms with Crippen LogP contribution in [-0.4, -0.2) is 41.1 Å². The van der Waals surface area contributed by atoms with Crippen LogP contribution in [0.15, 0.2) is 12.7 Å². The molecular formula is C14H23NO5. The van der Waals surface area contributed by atoms with Crippen molar-refractivity contribution in [3.8, 4) is 0 Å². The van der Waals surface area contributed by atoms with Crippen LogP contribution in [0.3, 0.4) is 0 Å². The molecule has 0 unspecified atom stereocenters. The summed E-state index contributed by atoms with van der Waals surface area (Å²) >= 11 is 0. The molecule has 0 aliphatic rings. The summed E-state index contributed by atoms with van der Waals surface area (Å²) < 4.78 is 9.98. The fraction of sp³-hybridized carbons (Fsp3) is 0.643. The Labute approximate surface area is 119 Å². The van der Waals surface area contributed by atoms with Gasteiger partial charge in [0.1, 0.15) is 5.60 Å². The van der Waals surface area contributed by atoms with Crippen LogP contribution in [0, 0.1) is 0 Å². The van der Waals surface area contributed by atoms with Gasteiger partial charge in [-0.2, -0.15) is 0 Å². The molecule has 0 fully saturated rings. The summed E-state index contributed by atoms with van der Waals surface area (Å²) in [5.41, 5.74) is -0.774. The first kappa shape index (κ1) is 18.1. The first-order valence-corrected chi connectivity index (χ1v) is 6.52. The molecule has 0 aromatic rings. The summed E-state index contributed by atoms with van der Waals surface area (Å²) in [6.07, 6.45) is 0.362. The maximum atomic E-state index is 12.1. The summed E-state index contributed by atoms with van der Waals surface area (Å²) in [7, 11) is 0. The molecule has 0 spiro atoms. The van der Waals surface area contributed by atoms with Gasteiger partial charge in [-0.3, -0.25) is 4.79 Å². The lowest BCUT2D eigenvalue weighted by Crippen LogP contribution is -2.49. The third kappa shape index (κ3) is 5.42. The van der Waals surface area contributed by atoms with Crippen molar-refractivity contribution >= 4 is 18.0 Å². The van der Waals surface area contributed by atoms with Crippen LogP contribution in [0.5, 0.6) is 0 Å². The van der Waals surface area contributed by atoms with E-state index in [2.05, 4.69) is 6.58 Å². The van der Waals surface area contributed by atoms with Gasteiger partial charge in [-0.05, 0) is 27.7 Å². The molecule has 0 rings (SSSR count). The number of ether oxygens (including phenoxy) is 2. The Bertz CT molecular complexity index is 384. The molecule has 6 nitrogen and oxygen atoms in total. The first-order chi connectivity index (χ1) is 9.17.